The molecule has 0 saturated heterocycles. The zero-order valence-electron chi connectivity index (χ0n) is 18.1. The topological polar surface area (TPSA) is 61.8 Å². The van der Waals surface area contributed by atoms with Gasteiger partial charge in [-0.15, -0.1) is 0 Å². The van der Waals surface area contributed by atoms with Crippen molar-refractivity contribution in [2.24, 2.45) is 0 Å². The lowest BCUT2D eigenvalue weighted by Gasteiger charge is -2.19. The van der Waals surface area contributed by atoms with E-state index >= 15 is 0 Å². The quantitative estimate of drug-likeness (QED) is 0.282. The minimum atomic E-state index is -0.101. The fraction of sp³-hybridized carbons (Fsp3) is 0.320. The second-order valence-corrected chi connectivity index (χ2v) is 7.06. The number of nitrogens with zero attached hydrogens (tertiary/aromatic N) is 1. The summed E-state index contributed by atoms with van der Waals surface area (Å²) in [4.78, 5) is 14.0. The molecule has 0 heterocycles. The Kier molecular flexibility index (Phi) is 9.01. The van der Waals surface area contributed by atoms with Gasteiger partial charge in [-0.3, -0.25) is 4.90 Å². The maximum absolute atomic E-state index is 12.4. The summed E-state index contributed by atoms with van der Waals surface area (Å²) in [7, 11) is 1.78. The minimum absolute atomic E-state index is 0.0929. The van der Waals surface area contributed by atoms with Crippen molar-refractivity contribution in [2.45, 2.75) is 33.1 Å². The third kappa shape index (κ3) is 6.69. The van der Waals surface area contributed by atoms with E-state index in [1.165, 1.54) is 0 Å². The van der Waals surface area contributed by atoms with Crippen LogP contribution in [0.15, 0.2) is 66.6 Å². The first kappa shape index (κ1) is 23.1. The molecule has 0 bridgehead atoms. The summed E-state index contributed by atoms with van der Waals surface area (Å²) in [6.45, 7) is 8.67. The van der Waals surface area contributed by atoms with Crippen LogP contribution < -0.4 is 10.2 Å². The number of benzene rings is 2. The summed E-state index contributed by atoms with van der Waals surface area (Å²) in [5.74, 6) is 0.267. The van der Waals surface area contributed by atoms with Gasteiger partial charge in [0.1, 0.15) is 5.76 Å². The molecule has 0 atom stereocenters. The molecule has 2 amide bonds. The van der Waals surface area contributed by atoms with Crippen LogP contribution in [0, 0.1) is 0 Å². The van der Waals surface area contributed by atoms with E-state index in [1.807, 2.05) is 55.5 Å². The van der Waals surface area contributed by atoms with E-state index < -0.39 is 0 Å². The molecule has 0 saturated carbocycles. The number of hydrogen-bond acceptors (Lipinski definition) is 3. The predicted molar refractivity (Wildman–Crippen MR) is 125 cm³/mol. The molecule has 2 N–H and O–H groups in total. The van der Waals surface area contributed by atoms with E-state index in [0.717, 1.165) is 41.6 Å². The number of rotatable bonds is 10. The number of unbranched alkanes of at least 4 members (excludes halogenated alkanes) is 2. The standard InChI is InChI=1S/C25H32N2O3/c1-5-7-8-16-26-25(29)27(4)23-11-9-10-22(18-23)21-14-12-20(13-15-21)17-24(19(3)28)30-6-2/h9-15,17-18,28H,3,5-8,16H2,1-2,4H3,(H,26,29)/b24-17-. The first-order chi connectivity index (χ1) is 14.5. The van der Waals surface area contributed by atoms with Gasteiger partial charge in [-0.2, -0.15) is 0 Å². The van der Waals surface area contributed by atoms with Crippen molar-refractivity contribution < 1.29 is 14.6 Å². The van der Waals surface area contributed by atoms with Gasteiger partial charge in [0, 0.05) is 19.3 Å². The van der Waals surface area contributed by atoms with Crippen molar-refractivity contribution in [3.8, 4) is 11.1 Å². The maximum atomic E-state index is 12.4. The first-order valence-electron chi connectivity index (χ1n) is 10.4. The fourth-order valence-electron chi connectivity index (χ4n) is 2.99. The van der Waals surface area contributed by atoms with Crippen LogP contribution in [0.3, 0.4) is 0 Å². The molecule has 5 heteroatoms. The van der Waals surface area contributed by atoms with E-state index in [4.69, 9.17) is 4.74 Å². The number of ether oxygens (including phenoxy) is 1. The Labute approximate surface area is 179 Å². The third-order valence-electron chi connectivity index (χ3n) is 4.72. The second kappa shape index (κ2) is 11.7. The lowest BCUT2D eigenvalue weighted by atomic mass is 10.0. The molecule has 0 fully saturated rings. The van der Waals surface area contributed by atoms with E-state index in [2.05, 4.69) is 18.8 Å². The summed E-state index contributed by atoms with van der Waals surface area (Å²) in [6.07, 6.45) is 4.99. The zero-order valence-corrected chi connectivity index (χ0v) is 18.1. The van der Waals surface area contributed by atoms with Crippen LogP contribution in [0.25, 0.3) is 17.2 Å². The number of aliphatic hydroxyl groups is 1. The van der Waals surface area contributed by atoms with Crippen molar-refractivity contribution in [1.82, 2.24) is 5.32 Å². The molecule has 0 aromatic heterocycles. The minimum Gasteiger partial charge on any atom is -0.505 e. The van der Waals surface area contributed by atoms with Gasteiger partial charge in [-0.25, -0.2) is 4.79 Å². The zero-order chi connectivity index (χ0) is 21.9. The van der Waals surface area contributed by atoms with Crippen molar-refractivity contribution in [3.63, 3.8) is 0 Å². The molecule has 0 aliphatic rings. The van der Waals surface area contributed by atoms with Crippen LogP contribution in [0.5, 0.6) is 0 Å². The average Bonchev–Trinajstić information content (AvgIpc) is 2.76. The predicted octanol–water partition coefficient (Wildman–Crippen LogP) is 6.14. The molecule has 0 aliphatic heterocycles. The Morgan fingerprint density at radius 1 is 1.13 bits per heavy atom. The summed E-state index contributed by atoms with van der Waals surface area (Å²) in [5.41, 5.74) is 3.79. The molecular weight excluding hydrogens is 376 g/mol. The highest BCUT2D eigenvalue weighted by molar-refractivity contribution is 5.92. The highest BCUT2D eigenvalue weighted by Gasteiger charge is 2.11. The first-order valence-corrected chi connectivity index (χ1v) is 10.4. The van der Waals surface area contributed by atoms with Gasteiger partial charge in [-0.1, -0.05) is 62.7 Å². The summed E-state index contributed by atoms with van der Waals surface area (Å²) < 4.78 is 5.40. The Morgan fingerprint density at radius 2 is 1.87 bits per heavy atom. The molecule has 30 heavy (non-hydrogen) atoms. The SMILES string of the molecule is C=C(O)/C(=C/c1ccc(-c2cccc(N(C)C(=O)NCCCCC)c2)cc1)OCC. The highest BCUT2D eigenvalue weighted by atomic mass is 16.5. The van der Waals surface area contributed by atoms with Gasteiger partial charge in [0.25, 0.3) is 0 Å². The largest absolute Gasteiger partial charge is 0.505 e. The molecule has 0 aliphatic carbocycles. The van der Waals surface area contributed by atoms with E-state index in [-0.39, 0.29) is 11.8 Å². The lowest BCUT2D eigenvalue weighted by Crippen LogP contribution is -2.37. The monoisotopic (exact) mass is 408 g/mol. The van der Waals surface area contributed by atoms with Gasteiger partial charge in [-0.05, 0) is 48.2 Å². The maximum Gasteiger partial charge on any atom is 0.321 e. The van der Waals surface area contributed by atoms with Crippen LogP contribution >= 0.6 is 0 Å². The normalized spacial score (nSPS) is 11.1. The Balaban J connectivity index is 2.12. The second-order valence-electron chi connectivity index (χ2n) is 7.06. The van der Waals surface area contributed by atoms with Crippen LogP contribution in [-0.2, 0) is 4.74 Å². The molecular formula is C25H32N2O3. The number of carbonyl (C=O) groups is 1. The fourth-order valence-corrected chi connectivity index (χ4v) is 2.99. The van der Waals surface area contributed by atoms with Crippen molar-refractivity contribution >= 4 is 17.8 Å². The number of amides is 2. The number of hydrogen-bond donors (Lipinski definition) is 2. The molecule has 2 aromatic carbocycles. The van der Waals surface area contributed by atoms with Gasteiger partial charge in [0.15, 0.2) is 5.76 Å². The number of anilines is 1. The average molecular weight is 409 g/mol. The van der Waals surface area contributed by atoms with Gasteiger partial charge in [0.2, 0.25) is 0 Å². The smallest absolute Gasteiger partial charge is 0.321 e. The summed E-state index contributed by atoms with van der Waals surface area (Å²) in [6, 6.07) is 15.7. The van der Waals surface area contributed by atoms with Gasteiger partial charge < -0.3 is 15.2 Å². The van der Waals surface area contributed by atoms with Crippen molar-refractivity contribution in [2.75, 3.05) is 25.1 Å². The molecule has 0 spiro atoms. The molecule has 2 aromatic rings. The summed E-state index contributed by atoms with van der Waals surface area (Å²) >= 11 is 0. The van der Waals surface area contributed by atoms with E-state index in [9.17, 15) is 9.90 Å². The van der Waals surface area contributed by atoms with Crippen LogP contribution in [0.4, 0.5) is 10.5 Å². The number of aliphatic hydroxyl groups excluding tert-OH is 1. The van der Waals surface area contributed by atoms with E-state index in [1.54, 1.807) is 18.0 Å². The van der Waals surface area contributed by atoms with Gasteiger partial charge in [0.05, 0.1) is 6.61 Å². The Hall–Kier alpha value is -3.21. The van der Waals surface area contributed by atoms with Crippen LogP contribution in [-0.4, -0.2) is 31.3 Å². The van der Waals surface area contributed by atoms with Gasteiger partial charge >= 0.3 is 6.03 Å². The highest BCUT2D eigenvalue weighted by Crippen LogP contribution is 2.25. The van der Waals surface area contributed by atoms with E-state index in [0.29, 0.717) is 18.9 Å². The number of nitrogens with one attached hydrogen (secondary N) is 1. The molecule has 0 radical (unpaired) electrons. The van der Waals surface area contributed by atoms with Crippen molar-refractivity contribution in [3.05, 3.63) is 72.2 Å². The molecule has 160 valence electrons. The Morgan fingerprint density at radius 3 is 2.50 bits per heavy atom. The van der Waals surface area contributed by atoms with Crippen molar-refractivity contribution in [1.29, 1.82) is 0 Å². The lowest BCUT2D eigenvalue weighted by molar-refractivity contribution is 0.212. The summed E-state index contributed by atoms with van der Waals surface area (Å²) in [5, 5.41) is 12.6. The number of carbonyl (C=O) groups excluding carboxylic acids is 1. The number of urea groups is 1. The molecule has 2 rings (SSSR count). The Bertz CT molecular complexity index is 872. The van der Waals surface area contributed by atoms with Crippen LogP contribution in [0.2, 0.25) is 0 Å². The molecule has 5 nitrogen and oxygen atoms in total. The molecule has 0 unspecified atom stereocenters. The van der Waals surface area contributed by atoms with Crippen LogP contribution in [0.1, 0.15) is 38.7 Å². The third-order valence-corrected chi connectivity index (χ3v) is 4.72.